The highest BCUT2D eigenvalue weighted by Gasteiger charge is 2.00. The molecule has 0 amide bonds. The molecule has 3 heteroatoms. The second-order valence-electron chi connectivity index (χ2n) is 2.92. The lowest BCUT2D eigenvalue weighted by molar-refractivity contribution is 1.18. The van der Waals surface area contributed by atoms with Crippen molar-refractivity contribution in [2.75, 3.05) is 11.9 Å². The highest BCUT2D eigenvalue weighted by Crippen LogP contribution is 2.20. The molecule has 0 saturated heterocycles. The Bertz CT molecular complexity index is 270. The maximum absolute atomic E-state index is 4.38. The molecular weight excluding hydrogens is 180 g/mol. The molecule has 0 unspecified atom stereocenters. The lowest BCUT2D eigenvalue weighted by Gasteiger charge is -1.95. The first-order chi connectivity index (χ1) is 6.24. The summed E-state index contributed by atoms with van der Waals surface area (Å²) in [6, 6.07) is 0. The molecule has 0 aliphatic heterocycles. The van der Waals surface area contributed by atoms with Gasteiger partial charge in [0.05, 0.1) is 5.69 Å². The molecule has 0 saturated carbocycles. The molecule has 72 valence electrons. The first kappa shape index (κ1) is 10.3. The SMILES string of the molecule is CC/C=C/CNc1nc(C)c(C)s1. The molecule has 1 rings (SSSR count). The van der Waals surface area contributed by atoms with Gasteiger partial charge >= 0.3 is 0 Å². The van der Waals surface area contributed by atoms with Crippen LogP contribution in [-0.2, 0) is 0 Å². The molecule has 1 N–H and O–H groups in total. The first-order valence-corrected chi connectivity index (χ1v) is 5.38. The summed E-state index contributed by atoms with van der Waals surface area (Å²) in [5.41, 5.74) is 1.13. The largest absolute Gasteiger partial charge is 0.358 e. The van der Waals surface area contributed by atoms with Crippen LogP contribution in [0.15, 0.2) is 12.2 Å². The molecule has 0 radical (unpaired) electrons. The Hall–Kier alpha value is -0.830. The number of hydrogen-bond acceptors (Lipinski definition) is 3. The Morgan fingerprint density at radius 2 is 2.15 bits per heavy atom. The molecule has 1 heterocycles. The zero-order valence-electron chi connectivity index (χ0n) is 8.42. The van der Waals surface area contributed by atoms with Crippen molar-refractivity contribution in [1.29, 1.82) is 0 Å². The predicted octanol–water partition coefficient (Wildman–Crippen LogP) is 3.14. The number of anilines is 1. The lowest BCUT2D eigenvalue weighted by atomic mass is 10.4. The van der Waals surface area contributed by atoms with E-state index in [1.165, 1.54) is 4.88 Å². The molecule has 0 aromatic carbocycles. The molecular formula is C10H16N2S. The van der Waals surface area contributed by atoms with Crippen molar-refractivity contribution in [3.05, 3.63) is 22.7 Å². The van der Waals surface area contributed by atoms with Gasteiger partial charge in [-0.15, -0.1) is 11.3 Å². The minimum atomic E-state index is 0.875. The number of allylic oxidation sites excluding steroid dienone is 1. The number of aryl methyl sites for hydroxylation is 2. The summed E-state index contributed by atoms with van der Waals surface area (Å²) >= 11 is 1.72. The van der Waals surface area contributed by atoms with Gasteiger partial charge in [-0.2, -0.15) is 0 Å². The second-order valence-corrected chi connectivity index (χ2v) is 4.12. The third kappa shape index (κ3) is 3.19. The second kappa shape index (κ2) is 5.02. The van der Waals surface area contributed by atoms with E-state index in [4.69, 9.17) is 0 Å². The monoisotopic (exact) mass is 196 g/mol. The van der Waals surface area contributed by atoms with Gasteiger partial charge in [0, 0.05) is 11.4 Å². The topological polar surface area (TPSA) is 24.9 Å². The number of nitrogens with one attached hydrogen (secondary N) is 1. The van der Waals surface area contributed by atoms with Crippen LogP contribution in [0.5, 0.6) is 0 Å². The summed E-state index contributed by atoms with van der Waals surface area (Å²) in [7, 11) is 0. The van der Waals surface area contributed by atoms with Gasteiger partial charge < -0.3 is 5.32 Å². The summed E-state index contributed by atoms with van der Waals surface area (Å²) in [5, 5.41) is 4.29. The zero-order chi connectivity index (χ0) is 9.68. The molecule has 1 aromatic heterocycles. The van der Waals surface area contributed by atoms with Gasteiger partial charge in [-0.05, 0) is 20.3 Å². The predicted molar refractivity (Wildman–Crippen MR) is 59.5 cm³/mol. The van der Waals surface area contributed by atoms with Gasteiger partial charge in [0.1, 0.15) is 0 Å². The Labute approximate surface area is 83.7 Å². The number of thiazole rings is 1. The maximum atomic E-state index is 4.38. The summed E-state index contributed by atoms with van der Waals surface area (Å²) < 4.78 is 0. The molecule has 0 aliphatic rings. The van der Waals surface area contributed by atoms with E-state index in [2.05, 4.69) is 36.3 Å². The van der Waals surface area contributed by atoms with E-state index >= 15 is 0 Å². The van der Waals surface area contributed by atoms with Crippen molar-refractivity contribution in [3.63, 3.8) is 0 Å². The average molecular weight is 196 g/mol. The molecule has 13 heavy (non-hydrogen) atoms. The molecule has 0 fully saturated rings. The molecule has 0 bridgehead atoms. The Morgan fingerprint density at radius 3 is 2.69 bits per heavy atom. The van der Waals surface area contributed by atoms with E-state index in [9.17, 15) is 0 Å². The van der Waals surface area contributed by atoms with Crippen LogP contribution in [0.25, 0.3) is 0 Å². The normalized spacial score (nSPS) is 11.0. The van der Waals surface area contributed by atoms with Crippen LogP contribution in [-0.4, -0.2) is 11.5 Å². The Morgan fingerprint density at radius 1 is 1.38 bits per heavy atom. The lowest BCUT2D eigenvalue weighted by Crippen LogP contribution is -1.96. The number of hydrogen-bond donors (Lipinski definition) is 1. The van der Waals surface area contributed by atoms with Crippen LogP contribution in [0.3, 0.4) is 0 Å². The van der Waals surface area contributed by atoms with Gasteiger partial charge in [-0.25, -0.2) is 4.98 Å². The molecule has 0 aliphatic carbocycles. The van der Waals surface area contributed by atoms with Crippen molar-refractivity contribution in [3.8, 4) is 0 Å². The highest BCUT2D eigenvalue weighted by molar-refractivity contribution is 7.15. The van der Waals surface area contributed by atoms with Crippen molar-refractivity contribution < 1.29 is 0 Å². The number of aromatic nitrogens is 1. The fraction of sp³-hybridized carbons (Fsp3) is 0.500. The van der Waals surface area contributed by atoms with Crippen LogP contribution >= 0.6 is 11.3 Å². The smallest absolute Gasteiger partial charge is 0.183 e. The van der Waals surface area contributed by atoms with Gasteiger partial charge in [0.15, 0.2) is 5.13 Å². The van der Waals surface area contributed by atoms with Crippen LogP contribution < -0.4 is 5.32 Å². The molecule has 1 aromatic rings. The van der Waals surface area contributed by atoms with Gasteiger partial charge in [0.2, 0.25) is 0 Å². The molecule has 2 nitrogen and oxygen atoms in total. The maximum Gasteiger partial charge on any atom is 0.183 e. The fourth-order valence-electron chi connectivity index (χ4n) is 0.945. The summed E-state index contributed by atoms with van der Waals surface area (Å²) in [4.78, 5) is 5.67. The fourth-order valence-corrected chi connectivity index (χ4v) is 1.77. The zero-order valence-corrected chi connectivity index (χ0v) is 9.24. The van der Waals surface area contributed by atoms with E-state index in [0.717, 1.165) is 23.8 Å². The van der Waals surface area contributed by atoms with Crippen LogP contribution in [0.4, 0.5) is 5.13 Å². The van der Waals surface area contributed by atoms with Gasteiger partial charge in [-0.3, -0.25) is 0 Å². The van der Waals surface area contributed by atoms with E-state index in [0.29, 0.717) is 0 Å². The van der Waals surface area contributed by atoms with Gasteiger partial charge in [-0.1, -0.05) is 19.1 Å². The average Bonchev–Trinajstić information content (AvgIpc) is 2.41. The first-order valence-electron chi connectivity index (χ1n) is 4.57. The standard InChI is InChI=1S/C10H16N2S/c1-4-5-6-7-11-10-12-8(2)9(3)13-10/h5-6H,4,7H2,1-3H3,(H,11,12)/b6-5+. The minimum Gasteiger partial charge on any atom is -0.358 e. The third-order valence-electron chi connectivity index (χ3n) is 1.80. The van der Waals surface area contributed by atoms with E-state index in [-0.39, 0.29) is 0 Å². The van der Waals surface area contributed by atoms with Crippen molar-refractivity contribution in [2.24, 2.45) is 0 Å². The van der Waals surface area contributed by atoms with Crippen molar-refractivity contribution in [2.45, 2.75) is 27.2 Å². The van der Waals surface area contributed by atoms with Crippen LogP contribution in [0, 0.1) is 13.8 Å². The molecule has 0 atom stereocenters. The minimum absolute atomic E-state index is 0.875. The number of rotatable bonds is 4. The molecule has 0 spiro atoms. The van der Waals surface area contributed by atoms with Crippen LogP contribution in [0.1, 0.15) is 23.9 Å². The van der Waals surface area contributed by atoms with Gasteiger partial charge in [0.25, 0.3) is 0 Å². The van der Waals surface area contributed by atoms with E-state index < -0.39 is 0 Å². The van der Waals surface area contributed by atoms with Crippen molar-refractivity contribution >= 4 is 16.5 Å². The van der Waals surface area contributed by atoms with E-state index in [1.54, 1.807) is 11.3 Å². The summed E-state index contributed by atoms with van der Waals surface area (Å²) in [6.07, 6.45) is 5.38. The summed E-state index contributed by atoms with van der Waals surface area (Å²) in [5.74, 6) is 0. The van der Waals surface area contributed by atoms with E-state index in [1.807, 2.05) is 6.92 Å². The summed E-state index contributed by atoms with van der Waals surface area (Å²) in [6.45, 7) is 7.15. The quantitative estimate of drug-likeness (QED) is 0.748. The van der Waals surface area contributed by atoms with Crippen molar-refractivity contribution in [1.82, 2.24) is 4.98 Å². The third-order valence-corrected chi connectivity index (χ3v) is 2.83. The van der Waals surface area contributed by atoms with Crippen LogP contribution in [0.2, 0.25) is 0 Å². The Kier molecular flexibility index (Phi) is 3.96. The Balaban J connectivity index is 2.41. The highest BCUT2D eigenvalue weighted by atomic mass is 32.1. The number of nitrogens with zero attached hydrogens (tertiary/aromatic N) is 1.